The van der Waals surface area contributed by atoms with Crippen LogP contribution >= 0.6 is 0 Å². The summed E-state index contributed by atoms with van der Waals surface area (Å²) in [6.45, 7) is 8.98. The zero-order chi connectivity index (χ0) is 11.2. The smallest absolute Gasteiger partial charge is 0.00490 e. The van der Waals surface area contributed by atoms with E-state index in [9.17, 15) is 0 Å². The van der Waals surface area contributed by atoms with Gasteiger partial charge in [0.1, 0.15) is 0 Å². The van der Waals surface area contributed by atoms with Gasteiger partial charge in [-0.3, -0.25) is 0 Å². The second-order valence-corrected chi connectivity index (χ2v) is 4.18. The topological polar surface area (TPSA) is 24.1 Å². The minimum Gasteiger partial charge on any atom is -0.317 e. The summed E-state index contributed by atoms with van der Waals surface area (Å²) < 4.78 is 0. The molecule has 0 radical (unpaired) electrons. The maximum absolute atomic E-state index is 3.37. The molecule has 0 bridgehead atoms. The summed E-state index contributed by atoms with van der Waals surface area (Å²) in [5.41, 5.74) is 0. The quantitative estimate of drug-likeness (QED) is 0.488. The molecule has 0 aliphatic carbocycles. The lowest BCUT2D eigenvalue weighted by Gasteiger charge is -2.03. The van der Waals surface area contributed by atoms with Crippen LogP contribution in [0.3, 0.4) is 0 Å². The Labute approximate surface area is 96.2 Å². The highest BCUT2D eigenvalue weighted by molar-refractivity contribution is 4.50. The SMILES string of the molecule is CCNCCCCCCCCCNCC. The highest BCUT2D eigenvalue weighted by atomic mass is 14.8. The van der Waals surface area contributed by atoms with E-state index in [-0.39, 0.29) is 0 Å². The average molecular weight is 214 g/mol. The van der Waals surface area contributed by atoms with Crippen molar-refractivity contribution < 1.29 is 0 Å². The molecule has 0 aromatic rings. The van der Waals surface area contributed by atoms with Crippen LogP contribution in [0.2, 0.25) is 0 Å². The molecule has 0 unspecified atom stereocenters. The van der Waals surface area contributed by atoms with Crippen molar-refractivity contribution in [1.29, 1.82) is 0 Å². The van der Waals surface area contributed by atoms with Gasteiger partial charge in [0.2, 0.25) is 0 Å². The van der Waals surface area contributed by atoms with Gasteiger partial charge in [-0.1, -0.05) is 46.0 Å². The Hall–Kier alpha value is -0.0800. The van der Waals surface area contributed by atoms with Crippen molar-refractivity contribution in [2.24, 2.45) is 0 Å². The van der Waals surface area contributed by atoms with Gasteiger partial charge in [0.25, 0.3) is 0 Å². The monoisotopic (exact) mass is 214 g/mol. The molecule has 0 aromatic heterocycles. The van der Waals surface area contributed by atoms with Gasteiger partial charge in [0.05, 0.1) is 0 Å². The molecule has 0 spiro atoms. The third kappa shape index (κ3) is 13.9. The van der Waals surface area contributed by atoms with Gasteiger partial charge < -0.3 is 10.6 Å². The van der Waals surface area contributed by atoms with Crippen molar-refractivity contribution in [1.82, 2.24) is 10.6 Å². The molecular formula is C13H30N2. The van der Waals surface area contributed by atoms with Crippen LogP contribution in [0.5, 0.6) is 0 Å². The van der Waals surface area contributed by atoms with E-state index in [1.54, 1.807) is 0 Å². The Bertz CT molecular complexity index is 92.7. The number of hydrogen-bond donors (Lipinski definition) is 2. The van der Waals surface area contributed by atoms with Crippen molar-refractivity contribution >= 4 is 0 Å². The average Bonchev–Trinajstić information content (AvgIpc) is 2.26. The largest absolute Gasteiger partial charge is 0.317 e. The third-order valence-electron chi connectivity index (χ3n) is 2.71. The van der Waals surface area contributed by atoms with E-state index in [0.29, 0.717) is 0 Å². The van der Waals surface area contributed by atoms with Gasteiger partial charge in [0, 0.05) is 0 Å². The van der Waals surface area contributed by atoms with Gasteiger partial charge in [-0.25, -0.2) is 0 Å². The van der Waals surface area contributed by atoms with Crippen molar-refractivity contribution in [3.8, 4) is 0 Å². The molecule has 2 N–H and O–H groups in total. The van der Waals surface area contributed by atoms with Crippen LogP contribution in [0.25, 0.3) is 0 Å². The van der Waals surface area contributed by atoms with Crippen LogP contribution in [-0.2, 0) is 0 Å². The second-order valence-electron chi connectivity index (χ2n) is 4.18. The predicted octanol–water partition coefficient (Wildman–Crippen LogP) is 2.94. The molecule has 0 saturated carbocycles. The van der Waals surface area contributed by atoms with E-state index < -0.39 is 0 Å². The van der Waals surface area contributed by atoms with E-state index in [1.165, 1.54) is 58.0 Å². The van der Waals surface area contributed by atoms with Gasteiger partial charge in [0.15, 0.2) is 0 Å². The number of unbranched alkanes of at least 4 members (excludes halogenated alkanes) is 6. The fourth-order valence-electron chi connectivity index (χ4n) is 1.74. The van der Waals surface area contributed by atoms with Crippen LogP contribution < -0.4 is 10.6 Å². The molecule has 92 valence electrons. The van der Waals surface area contributed by atoms with Crippen molar-refractivity contribution in [3.63, 3.8) is 0 Å². The molecule has 0 saturated heterocycles. The van der Waals surface area contributed by atoms with Gasteiger partial charge in [-0.15, -0.1) is 0 Å². The Balaban J connectivity index is 2.81. The minimum atomic E-state index is 1.12. The first kappa shape index (κ1) is 14.9. The van der Waals surface area contributed by atoms with Crippen LogP contribution in [0, 0.1) is 0 Å². The lowest BCUT2D eigenvalue weighted by atomic mass is 10.1. The van der Waals surface area contributed by atoms with Crippen molar-refractivity contribution in [2.45, 2.75) is 58.8 Å². The molecule has 0 rings (SSSR count). The normalized spacial score (nSPS) is 10.8. The van der Waals surface area contributed by atoms with E-state index >= 15 is 0 Å². The fourth-order valence-corrected chi connectivity index (χ4v) is 1.74. The van der Waals surface area contributed by atoms with Gasteiger partial charge in [-0.2, -0.15) is 0 Å². The molecule has 15 heavy (non-hydrogen) atoms. The summed E-state index contributed by atoms with van der Waals surface area (Å²) in [6.07, 6.45) is 9.79. The summed E-state index contributed by atoms with van der Waals surface area (Å²) in [5.74, 6) is 0. The lowest BCUT2D eigenvalue weighted by Crippen LogP contribution is -2.13. The maximum atomic E-state index is 3.37. The van der Waals surface area contributed by atoms with E-state index in [2.05, 4.69) is 24.5 Å². The zero-order valence-corrected chi connectivity index (χ0v) is 10.8. The van der Waals surface area contributed by atoms with Crippen LogP contribution in [0.15, 0.2) is 0 Å². The predicted molar refractivity (Wildman–Crippen MR) is 69.4 cm³/mol. The highest BCUT2D eigenvalue weighted by Gasteiger charge is 1.91. The third-order valence-corrected chi connectivity index (χ3v) is 2.71. The second kappa shape index (κ2) is 13.9. The van der Waals surface area contributed by atoms with Crippen molar-refractivity contribution in [3.05, 3.63) is 0 Å². The summed E-state index contributed by atoms with van der Waals surface area (Å²) in [5, 5.41) is 6.73. The summed E-state index contributed by atoms with van der Waals surface area (Å²) in [6, 6.07) is 0. The fraction of sp³-hybridized carbons (Fsp3) is 1.00. The molecular weight excluding hydrogens is 184 g/mol. The van der Waals surface area contributed by atoms with Crippen LogP contribution in [-0.4, -0.2) is 26.2 Å². The van der Waals surface area contributed by atoms with Gasteiger partial charge in [-0.05, 0) is 39.0 Å². The Morgan fingerprint density at radius 1 is 0.533 bits per heavy atom. The van der Waals surface area contributed by atoms with Crippen molar-refractivity contribution in [2.75, 3.05) is 26.2 Å². The molecule has 0 fully saturated rings. The summed E-state index contributed by atoms with van der Waals surface area (Å²) >= 11 is 0. The Morgan fingerprint density at radius 2 is 0.867 bits per heavy atom. The molecule has 2 heteroatoms. The molecule has 0 aromatic carbocycles. The standard InChI is InChI=1S/C13H30N2/c1-3-14-12-10-8-6-5-7-9-11-13-15-4-2/h14-15H,3-13H2,1-2H3. The molecule has 0 amide bonds. The van der Waals surface area contributed by atoms with E-state index in [1.807, 2.05) is 0 Å². The molecule has 0 heterocycles. The first-order chi connectivity index (χ1) is 7.41. The molecule has 0 atom stereocenters. The first-order valence-corrected chi connectivity index (χ1v) is 6.83. The highest BCUT2D eigenvalue weighted by Crippen LogP contribution is 2.06. The Kier molecular flexibility index (Phi) is 13.8. The first-order valence-electron chi connectivity index (χ1n) is 6.83. The van der Waals surface area contributed by atoms with E-state index in [0.717, 1.165) is 13.1 Å². The lowest BCUT2D eigenvalue weighted by molar-refractivity contribution is 0.551. The summed E-state index contributed by atoms with van der Waals surface area (Å²) in [7, 11) is 0. The maximum Gasteiger partial charge on any atom is -0.00490 e. The molecule has 0 aliphatic heterocycles. The number of nitrogens with one attached hydrogen (secondary N) is 2. The molecule has 0 aliphatic rings. The van der Waals surface area contributed by atoms with Gasteiger partial charge >= 0.3 is 0 Å². The zero-order valence-electron chi connectivity index (χ0n) is 10.8. The minimum absolute atomic E-state index is 1.12. The number of rotatable bonds is 12. The van der Waals surface area contributed by atoms with Crippen LogP contribution in [0.1, 0.15) is 58.8 Å². The van der Waals surface area contributed by atoms with Crippen LogP contribution in [0.4, 0.5) is 0 Å². The Morgan fingerprint density at radius 3 is 1.20 bits per heavy atom. The molecule has 2 nitrogen and oxygen atoms in total. The van der Waals surface area contributed by atoms with E-state index in [4.69, 9.17) is 0 Å². The number of hydrogen-bond acceptors (Lipinski definition) is 2. The summed E-state index contributed by atoms with van der Waals surface area (Å²) in [4.78, 5) is 0.